The lowest BCUT2D eigenvalue weighted by Crippen LogP contribution is -2.44. The van der Waals surface area contributed by atoms with Gasteiger partial charge < -0.3 is 4.84 Å². The molecule has 0 aliphatic heterocycles. The molecule has 0 aliphatic carbocycles. The minimum atomic E-state index is -4.79. The van der Waals surface area contributed by atoms with Gasteiger partial charge in [-0.05, 0) is 5.56 Å². The molecule has 1 heterocycles. The zero-order valence-corrected chi connectivity index (χ0v) is 10.9. The van der Waals surface area contributed by atoms with Gasteiger partial charge in [-0.25, -0.2) is 4.79 Å². The molecule has 1 aromatic heterocycles. The van der Waals surface area contributed by atoms with Crippen LogP contribution >= 0.6 is 0 Å². The monoisotopic (exact) mass is 300 g/mol. The van der Waals surface area contributed by atoms with Crippen LogP contribution in [0.4, 0.5) is 13.2 Å². The van der Waals surface area contributed by atoms with Crippen LogP contribution in [-0.4, -0.2) is 9.30 Å². The summed E-state index contributed by atoms with van der Waals surface area (Å²) >= 11 is 0. The first-order valence-corrected chi connectivity index (χ1v) is 5.88. The highest BCUT2D eigenvalue weighted by atomic mass is 19.4. The number of aromatic nitrogens is 2. The molecule has 0 fully saturated rings. The van der Waals surface area contributed by atoms with E-state index in [-0.39, 0.29) is 6.61 Å². The molecule has 1 aromatic carbocycles. The summed E-state index contributed by atoms with van der Waals surface area (Å²) in [7, 11) is 0.924. The van der Waals surface area contributed by atoms with Gasteiger partial charge >= 0.3 is 11.9 Å². The summed E-state index contributed by atoms with van der Waals surface area (Å²) in [5.74, 6) is 0. The van der Waals surface area contributed by atoms with Crippen molar-refractivity contribution >= 4 is 0 Å². The van der Waals surface area contributed by atoms with Crippen LogP contribution in [0.1, 0.15) is 11.3 Å². The molecule has 8 heteroatoms. The zero-order chi connectivity index (χ0) is 15.6. The fourth-order valence-electron chi connectivity index (χ4n) is 1.71. The van der Waals surface area contributed by atoms with Gasteiger partial charge in [0.25, 0.3) is 5.56 Å². The largest absolute Gasteiger partial charge is 0.431 e. The van der Waals surface area contributed by atoms with Crippen LogP contribution in [0.5, 0.6) is 0 Å². The normalized spacial score (nSPS) is 11.4. The van der Waals surface area contributed by atoms with Crippen LogP contribution in [0, 0.1) is 0 Å². The quantitative estimate of drug-likeness (QED) is 0.856. The summed E-state index contributed by atoms with van der Waals surface area (Å²) in [4.78, 5) is 28.4. The minimum Gasteiger partial charge on any atom is -0.401 e. The summed E-state index contributed by atoms with van der Waals surface area (Å²) in [6.45, 7) is -0.110. The zero-order valence-electron chi connectivity index (χ0n) is 10.9. The Hall–Kier alpha value is -2.51. The van der Waals surface area contributed by atoms with Gasteiger partial charge in [-0.2, -0.15) is 13.2 Å². The molecule has 0 saturated carbocycles. The Morgan fingerprint density at radius 2 is 1.76 bits per heavy atom. The van der Waals surface area contributed by atoms with Crippen molar-refractivity contribution in [3.8, 4) is 0 Å². The Morgan fingerprint density at radius 1 is 1.14 bits per heavy atom. The second-order valence-corrected chi connectivity index (χ2v) is 4.26. The molecule has 0 aliphatic rings. The maximum Gasteiger partial charge on any atom is 0.431 e. The molecule has 112 valence electrons. The Balaban J connectivity index is 2.36. The highest BCUT2D eigenvalue weighted by Gasteiger charge is 2.35. The smallest absolute Gasteiger partial charge is 0.401 e. The molecule has 0 radical (unpaired) electrons. The molecular weight excluding hydrogens is 289 g/mol. The van der Waals surface area contributed by atoms with E-state index in [0.717, 1.165) is 7.05 Å². The molecule has 0 unspecified atom stereocenters. The third-order valence-electron chi connectivity index (χ3n) is 2.78. The first kappa shape index (κ1) is 14.9. The Labute approximate surface area is 116 Å². The lowest BCUT2D eigenvalue weighted by molar-refractivity contribution is -0.144. The molecule has 2 rings (SSSR count). The number of rotatable bonds is 3. The van der Waals surface area contributed by atoms with Crippen molar-refractivity contribution < 1.29 is 18.0 Å². The van der Waals surface area contributed by atoms with E-state index in [4.69, 9.17) is 4.84 Å². The van der Waals surface area contributed by atoms with Gasteiger partial charge in [-0.15, -0.1) is 0 Å². The predicted octanol–water partition coefficient (Wildman–Crippen LogP) is 1.19. The van der Waals surface area contributed by atoms with Gasteiger partial charge in [0.1, 0.15) is 12.3 Å². The van der Waals surface area contributed by atoms with E-state index in [1.165, 1.54) is 0 Å². The molecule has 21 heavy (non-hydrogen) atoms. The van der Waals surface area contributed by atoms with Crippen molar-refractivity contribution in [1.29, 1.82) is 0 Å². The van der Waals surface area contributed by atoms with Crippen molar-refractivity contribution in [2.24, 2.45) is 7.05 Å². The van der Waals surface area contributed by atoms with Crippen LogP contribution in [0.2, 0.25) is 0 Å². The van der Waals surface area contributed by atoms with E-state index in [2.05, 4.69) is 0 Å². The van der Waals surface area contributed by atoms with Gasteiger partial charge in [-0.3, -0.25) is 9.36 Å². The molecule has 0 amide bonds. The molecule has 2 aromatic rings. The van der Waals surface area contributed by atoms with Crippen molar-refractivity contribution in [3.63, 3.8) is 0 Å². The molecule has 0 bridgehead atoms. The van der Waals surface area contributed by atoms with Crippen LogP contribution in [0.3, 0.4) is 0 Å². The van der Waals surface area contributed by atoms with Crippen LogP contribution in [-0.2, 0) is 19.8 Å². The summed E-state index contributed by atoms with van der Waals surface area (Å²) in [6, 6.07) is 8.94. The first-order valence-electron chi connectivity index (χ1n) is 5.88. The molecule has 0 saturated heterocycles. The van der Waals surface area contributed by atoms with Gasteiger partial charge in [0.15, 0.2) is 0 Å². The third kappa shape index (κ3) is 3.15. The number of nitrogens with zero attached hydrogens (tertiary/aromatic N) is 2. The third-order valence-corrected chi connectivity index (χ3v) is 2.78. The van der Waals surface area contributed by atoms with Crippen molar-refractivity contribution in [1.82, 2.24) is 9.30 Å². The molecule has 0 atom stereocenters. The van der Waals surface area contributed by atoms with Crippen LogP contribution in [0.25, 0.3) is 0 Å². The maximum atomic E-state index is 12.6. The highest BCUT2D eigenvalue weighted by Crippen LogP contribution is 2.26. The van der Waals surface area contributed by atoms with E-state index in [9.17, 15) is 22.8 Å². The topological polar surface area (TPSA) is 53.2 Å². The number of halogens is 3. The van der Waals surface area contributed by atoms with Gasteiger partial charge in [0, 0.05) is 13.1 Å². The summed E-state index contributed by atoms with van der Waals surface area (Å²) in [6.07, 6.45) is -4.79. The Kier molecular flexibility index (Phi) is 3.88. The van der Waals surface area contributed by atoms with Crippen LogP contribution in [0.15, 0.2) is 46.0 Å². The van der Waals surface area contributed by atoms with Crippen LogP contribution < -0.4 is 16.1 Å². The van der Waals surface area contributed by atoms with E-state index < -0.39 is 23.1 Å². The van der Waals surface area contributed by atoms with Crippen molar-refractivity contribution in [2.75, 3.05) is 0 Å². The fourth-order valence-corrected chi connectivity index (χ4v) is 1.71. The second kappa shape index (κ2) is 5.47. The summed E-state index contributed by atoms with van der Waals surface area (Å²) in [5.41, 5.74) is -3.00. The van der Waals surface area contributed by atoms with E-state index in [1.807, 2.05) is 0 Å². The SMILES string of the molecule is Cn1c(C(F)(F)F)cc(=O)n(OCc2ccccc2)c1=O. The summed E-state index contributed by atoms with van der Waals surface area (Å²) in [5, 5.41) is 0. The average molecular weight is 300 g/mol. The minimum absolute atomic E-state index is 0.110. The van der Waals surface area contributed by atoms with Gasteiger partial charge in [0.05, 0.1) is 0 Å². The Bertz CT molecular complexity index is 748. The van der Waals surface area contributed by atoms with Crippen molar-refractivity contribution in [3.05, 3.63) is 68.5 Å². The average Bonchev–Trinajstić information content (AvgIpc) is 2.42. The molecule has 0 N–H and O–H groups in total. The Morgan fingerprint density at radius 3 is 2.33 bits per heavy atom. The van der Waals surface area contributed by atoms with Crippen molar-refractivity contribution in [2.45, 2.75) is 12.8 Å². The lowest BCUT2D eigenvalue weighted by atomic mass is 10.2. The van der Waals surface area contributed by atoms with E-state index in [0.29, 0.717) is 20.9 Å². The molecule has 0 spiro atoms. The first-order chi connectivity index (χ1) is 9.80. The number of benzene rings is 1. The fraction of sp³-hybridized carbons (Fsp3) is 0.231. The lowest BCUT2D eigenvalue weighted by Gasteiger charge is -2.14. The highest BCUT2D eigenvalue weighted by molar-refractivity contribution is 5.13. The number of hydrogen-bond donors (Lipinski definition) is 0. The maximum absolute atomic E-state index is 12.6. The van der Waals surface area contributed by atoms with E-state index >= 15 is 0 Å². The molecule has 5 nitrogen and oxygen atoms in total. The summed E-state index contributed by atoms with van der Waals surface area (Å²) < 4.78 is 38.6. The van der Waals surface area contributed by atoms with Gasteiger partial charge in [-0.1, -0.05) is 35.1 Å². The van der Waals surface area contributed by atoms with E-state index in [1.54, 1.807) is 30.3 Å². The number of hydrogen-bond acceptors (Lipinski definition) is 3. The predicted molar refractivity (Wildman–Crippen MR) is 67.7 cm³/mol. The second-order valence-electron chi connectivity index (χ2n) is 4.26. The molecular formula is C13H11F3N2O3. The van der Waals surface area contributed by atoms with Gasteiger partial charge in [0.2, 0.25) is 0 Å². The number of alkyl halides is 3. The standard InChI is InChI=1S/C13H11F3N2O3/c1-17-10(13(14,15)16)7-11(19)18(12(17)20)21-8-9-5-3-2-4-6-9/h2-7H,8H2,1H3.